The van der Waals surface area contributed by atoms with Crippen molar-refractivity contribution in [2.75, 3.05) is 0 Å². The number of carbonyl (C=O) groups is 2. The Balaban J connectivity index is 2.40. The maximum Gasteiger partial charge on any atom is 0.218 e. The summed E-state index contributed by atoms with van der Waals surface area (Å²) in [7, 11) is 0. The van der Waals surface area contributed by atoms with E-state index in [1.165, 1.54) is 13.8 Å². The molecule has 19 heavy (non-hydrogen) atoms. The maximum absolute atomic E-state index is 11.6. The van der Waals surface area contributed by atoms with Crippen molar-refractivity contribution in [3.63, 3.8) is 0 Å². The summed E-state index contributed by atoms with van der Waals surface area (Å²) >= 11 is 3.75. The summed E-state index contributed by atoms with van der Waals surface area (Å²) in [6, 6.07) is 0. The van der Waals surface area contributed by atoms with Crippen molar-refractivity contribution < 1.29 is 9.59 Å². The van der Waals surface area contributed by atoms with Crippen LogP contribution in [-0.4, -0.2) is 22.3 Å². The number of amides is 2. The first-order valence-electron chi connectivity index (χ1n) is 6.84. The van der Waals surface area contributed by atoms with E-state index in [0.29, 0.717) is 11.8 Å². The number of alkyl halides is 1. The Morgan fingerprint density at radius 1 is 1.11 bits per heavy atom. The molecule has 5 heteroatoms. The molecule has 2 saturated carbocycles. The molecule has 2 rings (SSSR count). The normalized spacial score (nSPS) is 38.0. The van der Waals surface area contributed by atoms with Crippen molar-refractivity contribution >= 4 is 27.7 Å². The number of fused-ring (bicyclic) bond motifs is 2. The number of hydrogen-bond acceptors (Lipinski definition) is 2. The molecule has 2 fully saturated rings. The third-order valence-corrected chi connectivity index (χ3v) is 6.74. The third kappa shape index (κ3) is 2.01. The molecule has 0 radical (unpaired) electrons. The van der Waals surface area contributed by atoms with Crippen molar-refractivity contribution in [2.24, 2.45) is 23.2 Å². The zero-order chi connectivity index (χ0) is 14.6. The topological polar surface area (TPSA) is 58.2 Å². The van der Waals surface area contributed by atoms with Crippen molar-refractivity contribution in [3.8, 4) is 0 Å². The zero-order valence-electron chi connectivity index (χ0n) is 12.2. The third-order valence-electron chi connectivity index (χ3n) is 5.38. The number of halogens is 1. The van der Waals surface area contributed by atoms with E-state index >= 15 is 0 Å². The molecule has 4 atom stereocenters. The van der Waals surface area contributed by atoms with E-state index in [4.69, 9.17) is 0 Å². The minimum atomic E-state index is -0.642. The molecule has 0 saturated heterocycles. The average Bonchev–Trinajstić information content (AvgIpc) is 2.62. The Hall–Kier alpha value is -0.580. The van der Waals surface area contributed by atoms with Gasteiger partial charge in [-0.3, -0.25) is 9.59 Å². The van der Waals surface area contributed by atoms with Crippen LogP contribution in [0.2, 0.25) is 0 Å². The molecular weight excluding hydrogens is 308 g/mol. The molecule has 4 nitrogen and oxygen atoms in total. The summed E-state index contributed by atoms with van der Waals surface area (Å²) in [5.41, 5.74) is -0.420. The van der Waals surface area contributed by atoms with Crippen LogP contribution in [0.3, 0.4) is 0 Å². The van der Waals surface area contributed by atoms with Crippen LogP contribution in [0.5, 0.6) is 0 Å². The quantitative estimate of drug-likeness (QED) is 0.601. The molecule has 0 aromatic carbocycles. The predicted octanol–water partition coefficient (Wildman–Crippen LogP) is 2.03. The van der Waals surface area contributed by atoms with Gasteiger partial charge in [-0.2, -0.15) is 0 Å². The molecule has 0 spiro atoms. The van der Waals surface area contributed by atoms with Gasteiger partial charge in [-0.15, -0.1) is 0 Å². The summed E-state index contributed by atoms with van der Waals surface area (Å²) in [4.78, 5) is 23.3. The first-order chi connectivity index (χ1) is 8.63. The van der Waals surface area contributed by atoms with Gasteiger partial charge in [0.05, 0.1) is 4.83 Å². The molecule has 2 bridgehead atoms. The fourth-order valence-corrected chi connectivity index (χ4v) is 5.64. The van der Waals surface area contributed by atoms with E-state index in [2.05, 4.69) is 47.3 Å². The molecule has 0 heterocycles. The highest BCUT2D eigenvalue weighted by Crippen LogP contribution is 2.64. The van der Waals surface area contributed by atoms with Crippen LogP contribution in [0.1, 0.15) is 41.0 Å². The van der Waals surface area contributed by atoms with E-state index in [0.717, 1.165) is 6.42 Å². The first-order valence-corrected chi connectivity index (χ1v) is 7.76. The van der Waals surface area contributed by atoms with Gasteiger partial charge in [0.2, 0.25) is 11.8 Å². The first kappa shape index (κ1) is 14.8. The van der Waals surface area contributed by atoms with Crippen molar-refractivity contribution in [1.82, 2.24) is 10.6 Å². The number of rotatable bonds is 2. The second kappa shape index (κ2) is 4.47. The molecular formula is C14H23BrN2O2. The Kier molecular flexibility index (Phi) is 3.49. The minimum absolute atomic E-state index is 0.0731. The van der Waals surface area contributed by atoms with Gasteiger partial charge >= 0.3 is 0 Å². The molecule has 2 amide bonds. The number of nitrogens with one attached hydrogen (secondary N) is 2. The summed E-state index contributed by atoms with van der Waals surface area (Å²) in [6.45, 7) is 9.79. The van der Waals surface area contributed by atoms with Crippen LogP contribution in [0.25, 0.3) is 0 Å². The number of hydrogen-bond donors (Lipinski definition) is 2. The van der Waals surface area contributed by atoms with Gasteiger partial charge in [0.25, 0.3) is 0 Å². The van der Waals surface area contributed by atoms with Crippen LogP contribution >= 0.6 is 15.9 Å². The second-order valence-electron chi connectivity index (χ2n) is 6.69. The summed E-state index contributed by atoms with van der Waals surface area (Å²) < 4.78 is 0. The lowest BCUT2D eigenvalue weighted by Gasteiger charge is -2.50. The highest BCUT2D eigenvalue weighted by molar-refractivity contribution is 9.09. The predicted molar refractivity (Wildman–Crippen MR) is 77.6 cm³/mol. The van der Waals surface area contributed by atoms with Crippen molar-refractivity contribution in [3.05, 3.63) is 0 Å². The van der Waals surface area contributed by atoms with Gasteiger partial charge in [0.15, 0.2) is 0 Å². The Morgan fingerprint density at radius 3 is 1.95 bits per heavy atom. The lowest BCUT2D eigenvalue weighted by Crippen LogP contribution is -2.70. The van der Waals surface area contributed by atoms with E-state index in [-0.39, 0.29) is 28.0 Å². The lowest BCUT2D eigenvalue weighted by molar-refractivity contribution is -0.127. The maximum atomic E-state index is 11.6. The van der Waals surface area contributed by atoms with Crippen LogP contribution in [0.4, 0.5) is 0 Å². The molecule has 2 aliphatic carbocycles. The van der Waals surface area contributed by atoms with Gasteiger partial charge in [0, 0.05) is 19.8 Å². The van der Waals surface area contributed by atoms with E-state index in [1.807, 2.05) is 0 Å². The molecule has 0 aliphatic heterocycles. The summed E-state index contributed by atoms with van der Waals surface area (Å²) in [5, 5.41) is 6.04. The monoisotopic (exact) mass is 330 g/mol. The fourth-order valence-electron chi connectivity index (χ4n) is 4.17. The van der Waals surface area contributed by atoms with Crippen LogP contribution in [0, 0.1) is 23.2 Å². The Morgan fingerprint density at radius 2 is 1.58 bits per heavy atom. The van der Waals surface area contributed by atoms with Gasteiger partial charge in [-0.25, -0.2) is 0 Å². The molecule has 0 aromatic rings. The minimum Gasteiger partial charge on any atom is -0.332 e. The molecule has 0 aromatic heterocycles. The zero-order valence-corrected chi connectivity index (χ0v) is 13.8. The molecule has 0 unspecified atom stereocenters. The summed E-state index contributed by atoms with van der Waals surface area (Å²) in [5.74, 6) is 0.965. The lowest BCUT2D eigenvalue weighted by atomic mass is 9.65. The van der Waals surface area contributed by atoms with Crippen molar-refractivity contribution in [2.45, 2.75) is 51.5 Å². The van der Waals surface area contributed by atoms with Gasteiger partial charge in [0.1, 0.15) is 5.66 Å². The highest BCUT2D eigenvalue weighted by Gasteiger charge is 2.67. The molecule has 108 valence electrons. The van der Waals surface area contributed by atoms with Gasteiger partial charge in [-0.1, -0.05) is 36.7 Å². The largest absolute Gasteiger partial charge is 0.332 e. The SMILES string of the molecule is CC(=O)NC1(NC(C)=O)[C@@H](Br)[C@H]2C[C@H]1[C@H](C)C2(C)C. The van der Waals surface area contributed by atoms with E-state index in [9.17, 15) is 9.59 Å². The molecule has 2 N–H and O–H groups in total. The average molecular weight is 331 g/mol. The second-order valence-corrected chi connectivity index (χ2v) is 7.68. The Bertz CT molecular complexity index is 406. The van der Waals surface area contributed by atoms with E-state index < -0.39 is 5.66 Å². The summed E-state index contributed by atoms with van der Waals surface area (Å²) in [6.07, 6.45) is 1.03. The van der Waals surface area contributed by atoms with Gasteiger partial charge < -0.3 is 10.6 Å². The van der Waals surface area contributed by atoms with Crippen LogP contribution < -0.4 is 10.6 Å². The van der Waals surface area contributed by atoms with E-state index in [1.54, 1.807) is 0 Å². The van der Waals surface area contributed by atoms with Crippen LogP contribution in [-0.2, 0) is 9.59 Å². The highest BCUT2D eigenvalue weighted by atomic mass is 79.9. The fraction of sp³-hybridized carbons (Fsp3) is 0.857. The van der Waals surface area contributed by atoms with Gasteiger partial charge in [-0.05, 0) is 23.7 Å². The van der Waals surface area contributed by atoms with Crippen LogP contribution in [0.15, 0.2) is 0 Å². The number of carbonyl (C=O) groups excluding carboxylic acids is 2. The Labute approximate surface area is 123 Å². The smallest absolute Gasteiger partial charge is 0.218 e. The molecule has 2 aliphatic rings. The standard InChI is InChI=1S/C14H23BrN2O2/c1-7-10-6-11(13(7,4)5)12(15)14(10,16-8(2)18)17-9(3)19/h7,10-12H,6H2,1-5H3,(H,16,18)(H,17,19)/t7-,10-,11+,12-/m0/s1. The van der Waals surface area contributed by atoms with Crippen molar-refractivity contribution in [1.29, 1.82) is 0 Å².